The lowest BCUT2D eigenvalue weighted by Gasteiger charge is -2.24. The minimum absolute atomic E-state index is 0.00335. The van der Waals surface area contributed by atoms with Crippen LogP contribution in [0.25, 0.3) is 11.4 Å². The number of sulfone groups is 1. The summed E-state index contributed by atoms with van der Waals surface area (Å²) in [5.41, 5.74) is 1.70. The largest absolute Gasteiger partial charge is 0.349 e. The number of hydrogen-bond acceptors (Lipinski definition) is 6. The van der Waals surface area contributed by atoms with Crippen LogP contribution in [0.4, 0.5) is 0 Å². The maximum absolute atomic E-state index is 12.6. The second-order valence-corrected chi connectivity index (χ2v) is 13.8. The number of rotatable bonds is 6. The van der Waals surface area contributed by atoms with E-state index in [1.165, 1.54) is 30.2 Å². The zero-order valence-electron chi connectivity index (χ0n) is 19.9. The van der Waals surface area contributed by atoms with Crippen molar-refractivity contribution in [1.29, 1.82) is 0 Å². The predicted molar refractivity (Wildman–Crippen MR) is 132 cm³/mol. The summed E-state index contributed by atoms with van der Waals surface area (Å²) in [6, 6.07) is 8.86. The molecule has 0 radical (unpaired) electrons. The number of nitrogens with one attached hydrogen (secondary N) is 1. The van der Waals surface area contributed by atoms with E-state index in [-0.39, 0.29) is 28.6 Å². The number of nitrogens with zero attached hydrogens (tertiary/aromatic N) is 3. The standard InChI is InChI=1S/C24H34N4O3S2/c1-23(2,3)18-11-9-17(10-12-18)21-26-27-22(28(21)19-7-5-6-8-19)32-15-20(29)25-24(4)13-14-33(30,31)16-24/h9-12,19H,5-8,13-16H2,1-4H3,(H,25,29)/t24-/m0/s1. The van der Waals surface area contributed by atoms with Crippen LogP contribution in [0.3, 0.4) is 0 Å². The van der Waals surface area contributed by atoms with Crippen molar-refractivity contribution in [1.82, 2.24) is 20.1 Å². The van der Waals surface area contributed by atoms with Crippen LogP contribution in [0, 0.1) is 0 Å². The zero-order chi connectivity index (χ0) is 23.9. The Morgan fingerprint density at radius 3 is 2.42 bits per heavy atom. The van der Waals surface area contributed by atoms with E-state index in [9.17, 15) is 13.2 Å². The molecule has 1 amide bonds. The molecule has 2 fully saturated rings. The van der Waals surface area contributed by atoms with Gasteiger partial charge in [-0.15, -0.1) is 10.2 Å². The average molecular weight is 491 g/mol. The highest BCUT2D eigenvalue weighted by molar-refractivity contribution is 7.99. The maximum Gasteiger partial charge on any atom is 0.230 e. The van der Waals surface area contributed by atoms with E-state index in [2.05, 4.69) is 65.1 Å². The van der Waals surface area contributed by atoms with Gasteiger partial charge in [0.25, 0.3) is 0 Å². The molecular formula is C24H34N4O3S2. The van der Waals surface area contributed by atoms with Crippen LogP contribution in [0.1, 0.15) is 71.4 Å². The van der Waals surface area contributed by atoms with Gasteiger partial charge in [0.05, 0.1) is 22.8 Å². The molecule has 0 spiro atoms. The van der Waals surface area contributed by atoms with Crippen molar-refractivity contribution in [3.05, 3.63) is 29.8 Å². The molecule has 4 rings (SSSR count). The number of aromatic nitrogens is 3. The monoisotopic (exact) mass is 490 g/mol. The molecule has 0 unspecified atom stereocenters. The highest BCUT2D eigenvalue weighted by atomic mass is 32.2. The number of carbonyl (C=O) groups is 1. The lowest BCUT2D eigenvalue weighted by atomic mass is 9.86. The van der Waals surface area contributed by atoms with Gasteiger partial charge in [0.1, 0.15) is 0 Å². The summed E-state index contributed by atoms with van der Waals surface area (Å²) < 4.78 is 25.9. The first kappa shape index (κ1) is 24.3. The Bertz CT molecular complexity index is 1110. The predicted octanol–water partition coefficient (Wildman–Crippen LogP) is 4.14. The number of hydrogen-bond donors (Lipinski definition) is 1. The van der Waals surface area contributed by atoms with Crippen LogP contribution >= 0.6 is 11.8 Å². The minimum atomic E-state index is -3.07. The Morgan fingerprint density at radius 2 is 1.85 bits per heavy atom. The second-order valence-electron chi connectivity index (χ2n) is 10.7. The van der Waals surface area contributed by atoms with Crippen molar-refractivity contribution in [2.45, 2.75) is 82.0 Å². The smallest absolute Gasteiger partial charge is 0.230 e. The fourth-order valence-corrected chi connectivity index (χ4v) is 7.69. The van der Waals surface area contributed by atoms with Gasteiger partial charge in [0.2, 0.25) is 5.91 Å². The highest BCUT2D eigenvalue weighted by Crippen LogP contribution is 2.37. The lowest BCUT2D eigenvalue weighted by Crippen LogP contribution is -2.47. The molecule has 2 aliphatic rings. The summed E-state index contributed by atoms with van der Waals surface area (Å²) in [5.74, 6) is 0.993. The molecule has 2 aromatic rings. The maximum atomic E-state index is 12.6. The summed E-state index contributed by atoms with van der Waals surface area (Å²) in [5, 5.41) is 12.6. The normalized spacial score (nSPS) is 23.2. The third-order valence-electron chi connectivity index (χ3n) is 6.64. The average Bonchev–Trinajstić information content (AvgIpc) is 3.44. The van der Waals surface area contributed by atoms with Crippen molar-refractivity contribution in [3.8, 4) is 11.4 Å². The first-order chi connectivity index (χ1) is 15.5. The van der Waals surface area contributed by atoms with Gasteiger partial charge in [-0.2, -0.15) is 0 Å². The molecule has 1 aromatic carbocycles. The fourth-order valence-electron chi connectivity index (χ4n) is 4.80. The molecule has 9 heteroatoms. The molecule has 1 aliphatic heterocycles. The first-order valence-corrected chi connectivity index (χ1v) is 14.5. The molecular weight excluding hydrogens is 456 g/mol. The van der Waals surface area contributed by atoms with Gasteiger partial charge in [-0.1, -0.05) is 69.6 Å². The molecule has 1 atom stereocenters. The molecule has 1 saturated carbocycles. The topological polar surface area (TPSA) is 94.0 Å². The third-order valence-corrected chi connectivity index (χ3v) is 9.49. The first-order valence-electron chi connectivity index (χ1n) is 11.7. The number of thioether (sulfide) groups is 1. The van der Waals surface area contributed by atoms with Gasteiger partial charge < -0.3 is 5.32 Å². The Balaban J connectivity index is 1.52. The Kier molecular flexibility index (Phi) is 6.66. The van der Waals surface area contributed by atoms with Gasteiger partial charge >= 0.3 is 0 Å². The quantitative estimate of drug-likeness (QED) is 0.612. The highest BCUT2D eigenvalue weighted by Gasteiger charge is 2.39. The van der Waals surface area contributed by atoms with Gasteiger partial charge in [0, 0.05) is 11.6 Å². The van der Waals surface area contributed by atoms with Crippen LogP contribution in [-0.2, 0) is 20.0 Å². The second kappa shape index (κ2) is 9.06. The van der Waals surface area contributed by atoms with Crippen molar-refractivity contribution < 1.29 is 13.2 Å². The Hall–Kier alpha value is -1.87. The van der Waals surface area contributed by atoms with Crippen LogP contribution in [-0.4, -0.2) is 51.9 Å². The third kappa shape index (κ3) is 5.62. The van der Waals surface area contributed by atoms with Crippen LogP contribution in [0.5, 0.6) is 0 Å². The van der Waals surface area contributed by atoms with E-state index >= 15 is 0 Å². The summed E-state index contributed by atoms with van der Waals surface area (Å²) in [6.45, 7) is 8.40. The van der Waals surface area contributed by atoms with E-state index in [1.807, 2.05) is 0 Å². The fraction of sp³-hybridized carbons (Fsp3) is 0.625. The molecule has 1 saturated heterocycles. The Labute approximate surface area is 201 Å². The number of benzene rings is 1. The molecule has 1 aliphatic carbocycles. The van der Waals surface area contributed by atoms with Crippen molar-refractivity contribution >= 4 is 27.5 Å². The molecule has 2 heterocycles. The van der Waals surface area contributed by atoms with E-state index in [0.717, 1.165) is 29.4 Å². The van der Waals surface area contributed by atoms with E-state index < -0.39 is 15.4 Å². The van der Waals surface area contributed by atoms with Crippen LogP contribution in [0.15, 0.2) is 29.4 Å². The molecule has 33 heavy (non-hydrogen) atoms. The number of carbonyl (C=O) groups excluding carboxylic acids is 1. The SMILES string of the molecule is CC(C)(C)c1ccc(-c2nnc(SCC(=O)N[C@@]3(C)CCS(=O)(=O)C3)n2C2CCCC2)cc1. The zero-order valence-corrected chi connectivity index (χ0v) is 21.6. The minimum Gasteiger partial charge on any atom is -0.349 e. The molecule has 7 nitrogen and oxygen atoms in total. The van der Waals surface area contributed by atoms with Crippen molar-refractivity contribution in [2.75, 3.05) is 17.3 Å². The van der Waals surface area contributed by atoms with E-state index in [4.69, 9.17) is 0 Å². The number of amides is 1. The van der Waals surface area contributed by atoms with Gasteiger partial charge in [-0.05, 0) is 37.2 Å². The molecule has 1 aromatic heterocycles. The summed E-state index contributed by atoms with van der Waals surface area (Å²) >= 11 is 1.37. The van der Waals surface area contributed by atoms with Gasteiger partial charge in [0.15, 0.2) is 20.8 Å². The molecule has 1 N–H and O–H groups in total. The Morgan fingerprint density at radius 1 is 1.18 bits per heavy atom. The summed E-state index contributed by atoms with van der Waals surface area (Å²) in [7, 11) is -3.07. The van der Waals surface area contributed by atoms with E-state index in [1.54, 1.807) is 6.92 Å². The summed E-state index contributed by atoms with van der Waals surface area (Å²) in [4.78, 5) is 12.6. The van der Waals surface area contributed by atoms with Crippen molar-refractivity contribution in [3.63, 3.8) is 0 Å². The van der Waals surface area contributed by atoms with Gasteiger partial charge in [-0.25, -0.2) is 8.42 Å². The molecule has 180 valence electrons. The lowest BCUT2D eigenvalue weighted by molar-refractivity contribution is -0.120. The van der Waals surface area contributed by atoms with Crippen LogP contribution < -0.4 is 5.32 Å². The van der Waals surface area contributed by atoms with Crippen LogP contribution in [0.2, 0.25) is 0 Å². The van der Waals surface area contributed by atoms with Crippen molar-refractivity contribution in [2.24, 2.45) is 0 Å². The molecule has 0 bridgehead atoms. The summed E-state index contributed by atoms with van der Waals surface area (Å²) in [6.07, 6.45) is 4.99. The van der Waals surface area contributed by atoms with Gasteiger partial charge in [-0.3, -0.25) is 9.36 Å². The van der Waals surface area contributed by atoms with E-state index in [0.29, 0.717) is 12.5 Å².